The number of nitrogens with zero attached hydrogens (tertiary/aromatic N) is 3. The molecule has 5 heteroatoms. The topological polar surface area (TPSA) is 56.7 Å². The minimum absolute atomic E-state index is 0.351. The van der Waals surface area contributed by atoms with Crippen molar-refractivity contribution in [1.29, 1.82) is 0 Å². The molecule has 0 unspecified atom stereocenters. The van der Waals surface area contributed by atoms with Crippen molar-refractivity contribution < 1.29 is 0 Å². The number of rotatable bonds is 5. The zero-order valence-electron chi connectivity index (χ0n) is 10.4. The quantitative estimate of drug-likeness (QED) is 0.843. The molecule has 2 rings (SSSR count). The summed E-state index contributed by atoms with van der Waals surface area (Å²) in [5.41, 5.74) is 7.82. The summed E-state index contributed by atoms with van der Waals surface area (Å²) in [6.45, 7) is 2.72. The minimum Gasteiger partial charge on any atom is -0.330 e. The summed E-state index contributed by atoms with van der Waals surface area (Å²) in [4.78, 5) is 0. The fourth-order valence-electron chi connectivity index (χ4n) is 1.95. The molecule has 0 aliphatic carbocycles. The van der Waals surface area contributed by atoms with Crippen LogP contribution in [0, 0.1) is 6.92 Å². The lowest BCUT2D eigenvalue weighted by atomic mass is 10.2. The second-order valence-corrected chi connectivity index (χ2v) is 4.45. The Balaban J connectivity index is 2.47. The normalized spacial score (nSPS) is 10.8. The standard InChI is InChI=1S/C13H17ClN4/c1-10-5-2-3-6-11(10)18-12(7-4-8-15)16-17-13(18)9-14/h2-3,5-6H,4,7-9,15H2,1H3. The lowest BCUT2D eigenvalue weighted by Gasteiger charge is -2.11. The molecule has 0 radical (unpaired) electrons. The van der Waals surface area contributed by atoms with E-state index < -0.39 is 0 Å². The maximum absolute atomic E-state index is 5.93. The average molecular weight is 265 g/mol. The van der Waals surface area contributed by atoms with E-state index in [-0.39, 0.29) is 0 Å². The van der Waals surface area contributed by atoms with E-state index in [2.05, 4.69) is 29.3 Å². The van der Waals surface area contributed by atoms with Crippen LogP contribution in [0.15, 0.2) is 24.3 Å². The van der Waals surface area contributed by atoms with E-state index in [9.17, 15) is 0 Å². The van der Waals surface area contributed by atoms with Gasteiger partial charge in [-0.3, -0.25) is 4.57 Å². The fourth-order valence-corrected chi connectivity index (χ4v) is 2.13. The van der Waals surface area contributed by atoms with Crippen molar-refractivity contribution in [1.82, 2.24) is 14.8 Å². The number of aromatic nitrogens is 3. The van der Waals surface area contributed by atoms with Gasteiger partial charge in [-0.1, -0.05) is 18.2 Å². The molecule has 0 amide bonds. The third kappa shape index (κ3) is 2.54. The van der Waals surface area contributed by atoms with Crippen LogP contribution in [0.4, 0.5) is 0 Å². The van der Waals surface area contributed by atoms with Crippen LogP contribution in [0.5, 0.6) is 0 Å². The molecule has 18 heavy (non-hydrogen) atoms. The van der Waals surface area contributed by atoms with Crippen molar-refractivity contribution >= 4 is 11.6 Å². The van der Waals surface area contributed by atoms with Gasteiger partial charge in [0.1, 0.15) is 5.82 Å². The zero-order valence-corrected chi connectivity index (χ0v) is 11.2. The molecule has 0 aliphatic rings. The molecule has 0 spiro atoms. The van der Waals surface area contributed by atoms with Crippen molar-refractivity contribution in [2.75, 3.05) is 6.54 Å². The molecule has 0 saturated heterocycles. The van der Waals surface area contributed by atoms with Crippen molar-refractivity contribution in [2.24, 2.45) is 5.73 Å². The van der Waals surface area contributed by atoms with Crippen LogP contribution < -0.4 is 5.73 Å². The summed E-state index contributed by atoms with van der Waals surface area (Å²) in [6.07, 6.45) is 1.71. The van der Waals surface area contributed by atoms with Gasteiger partial charge in [0.2, 0.25) is 0 Å². The first-order valence-electron chi connectivity index (χ1n) is 6.03. The average Bonchev–Trinajstić information content (AvgIpc) is 2.79. The van der Waals surface area contributed by atoms with Gasteiger partial charge in [0.25, 0.3) is 0 Å². The third-order valence-corrected chi connectivity index (χ3v) is 3.12. The first-order valence-corrected chi connectivity index (χ1v) is 6.56. The maximum atomic E-state index is 5.93. The van der Waals surface area contributed by atoms with Gasteiger partial charge in [-0.25, -0.2) is 0 Å². The highest BCUT2D eigenvalue weighted by Crippen LogP contribution is 2.19. The molecule has 1 aromatic carbocycles. The highest BCUT2D eigenvalue weighted by atomic mass is 35.5. The van der Waals surface area contributed by atoms with Crippen LogP contribution >= 0.6 is 11.6 Å². The second kappa shape index (κ2) is 5.98. The molecule has 2 N–H and O–H groups in total. The fraction of sp³-hybridized carbons (Fsp3) is 0.385. The van der Waals surface area contributed by atoms with Gasteiger partial charge < -0.3 is 5.73 Å². The Morgan fingerprint density at radius 3 is 2.61 bits per heavy atom. The van der Waals surface area contributed by atoms with Gasteiger partial charge in [-0.2, -0.15) is 0 Å². The molecular weight excluding hydrogens is 248 g/mol. The predicted molar refractivity (Wildman–Crippen MR) is 73.0 cm³/mol. The van der Waals surface area contributed by atoms with Gasteiger partial charge in [-0.05, 0) is 31.5 Å². The summed E-state index contributed by atoms with van der Waals surface area (Å²) in [5, 5.41) is 8.36. The second-order valence-electron chi connectivity index (χ2n) is 4.18. The van der Waals surface area contributed by atoms with Crippen LogP contribution in [-0.2, 0) is 12.3 Å². The molecule has 4 nitrogen and oxygen atoms in total. The lowest BCUT2D eigenvalue weighted by Crippen LogP contribution is -2.08. The van der Waals surface area contributed by atoms with Gasteiger partial charge in [0.05, 0.1) is 11.6 Å². The van der Waals surface area contributed by atoms with E-state index in [0.717, 1.165) is 30.2 Å². The number of hydrogen-bond donors (Lipinski definition) is 1. The van der Waals surface area contributed by atoms with Crippen LogP contribution in [0.3, 0.4) is 0 Å². The molecule has 0 saturated carbocycles. The Bertz CT molecular complexity index is 521. The van der Waals surface area contributed by atoms with Crippen LogP contribution in [-0.4, -0.2) is 21.3 Å². The highest BCUT2D eigenvalue weighted by molar-refractivity contribution is 6.16. The number of hydrogen-bond acceptors (Lipinski definition) is 3. The molecular formula is C13H17ClN4. The van der Waals surface area contributed by atoms with Gasteiger partial charge in [-0.15, -0.1) is 21.8 Å². The number of para-hydroxylation sites is 1. The first kappa shape index (κ1) is 13.1. The number of benzene rings is 1. The Kier molecular flexibility index (Phi) is 4.33. The largest absolute Gasteiger partial charge is 0.330 e. The molecule has 0 aliphatic heterocycles. The van der Waals surface area contributed by atoms with Crippen LogP contribution in [0.2, 0.25) is 0 Å². The Labute approximate surface area is 112 Å². The van der Waals surface area contributed by atoms with Gasteiger partial charge in [0.15, 0.2) is 5.82 Å². The molecule has 1 heterocycles. The summed E-state index contributed by atoms with van der Waals surface area (Å²) >= 11 is 5.93. The highest BCUT2D eigenvalue weighted by Gasteiger charge is 2.13. The number of nitrogens with two attached hydrogens (primary N) is 1. The first-order chi connectivity index (χ1) is 8.77. The molecule has 1 aromatic heterocycles. The van der Waals surface area contributed by atoms with Crippen molar-refractivity contribution in [3.63, 3.8) is 0 Å². The van der Waals surface area contributed by atoms with Gasteiger partial charge >= 0.3 is 0 Å². The van der Waals surface area contributed by atoms with E-state index in [1.165, 1.54) is 5.56 Å². The zero-order chi connectivity index (χ0) is 13.0. The van der Waals surface area contributed by atoms with Crippen LogP contribution in [0.1, 0.15) is 23.6 Å². The number of alkyl halides is 1. The Morgan fingerprint density at radius 2 is 1.94 bits per heavy atom. The maximum Gasteiger partial charge on any atom is 0.152 e. The monoisotopic (exact) mass is 264 g/mol. The van der Waals surface area contributed by atoms with Crippen molar-refractivity contribution in [3.05, 3.63) is 41.5 Å². The molecule has 96 valence electrons. The summed E-state index contributed by atoms with van der Waals surface area (Å²) in [6, 6.07) is 8.15. The number of halogens is 1. The summed E-state index contributed by atoms with van der Waals surface area (Å²) < 4.78 is 2.04. The third-order valence-electron chi connectivity index (χ3n) is 2.88. The Hall–Kier alpha value is -1.39. The Morgan fingerprint density at radius 1 is 1.22 bits per heavy atom. The van der Waals surface area contributed by atoms with Gasteiger partial charge in [0, 0.05) is 6.42 Å². The van der Waals surface area contributed by atoms with E-state index >= 15 is 0 Å². The molecule has 0 fully saturated rings. The van der Waals surface area contributed by atoms with Crippen LogP contribution in [0.25, 0.3) is 5.69 Å². The van der Waals surface area contributed by atoms with Crippen molar-refractivity contribution in [3.8, 4) is 5.69 Å². The number of aryl methyl sites for hydroxylation is 2. The summed E-state index contributed by atoms with van der Waals surface area (Å²) in [7, 11) is 0. The predicted octanol–water partition coefficient (Wildman–Crippen LogP) is 2.21. The smallest absolute Gasteiger partial charge is 0.152 e. The van der Waals surface area contributed by atoms with E-state index in [1.807, 2.05) is 16.7 Å². The minimum atomic E-state index is 0.351. The summed E-state index contributed by atoms with van der Waals surface area (Å²) in [5.74, 6) is 2.05. The molecule has 0 bridgehead atoms. The van der Waals surface area contributed by atoms with E-state index in [1.54, 1.807) is 0 Å². The molecule has 0 atom stereocenters. The van der Waals surface area contributed by atoms with Crippen molar-refractivity contribution in [2.45, 2.75) is 25.6 Å². The van der Waals surface area contributed by atoms with E-state index in [0.29, 0.717) is 12.4 Å². The lowest BCUT2D eigenvalue weighted by molar-refractivity contribution is 0.755. The SMILES string of the molecule is Cc1ccccc1-n1c(CCl)nnc1CCCN. The molecule has 2 aromatic rings. The van der Waals surface area contributed by atoms with E-state index in [4.69, 9.17) is 17.3 Å².